The van der Waals surface area contributed by atoms with Crippen LogP contribution in [0.2, 0.25) is 0 Å². The summed E-state index contributed by atoms with van der Waals surface area (Å²) < 4.78 is 6.88. The largest absolute Gasteiger partial charge is 0.459 e. The summed E-state index contributed by atoms with van der Waals surface area (Å²) in [6, 6.07) is 25.6. The zero-order chi connectivity index (χ0) is 24.4. The Bertz CT molecular complexity index is 1550. The molecule has 5 aromatic rings. The molecule has 0 radical (unpaired) electrons. The van der Waals surface area contributed by atoms with E-state index in [-0.39, 0.29) is 17.6 Å². The third-order valence-corrected chi connectivity index (χ3v) is 6.61. The predicted octanol–water partition coefficient (Wildman–Crippen LogP) is 6.41. The van der Waals surface area contributed by atoms with Crippen molar-refractivity contribution in [3.63, 3.8) is 0 Å². The molecule has 0 atom stereocenters. The van der Waals surface area contributed by atoms with Crippen molar-refractivity contribution in [2.45, 2.75) is 26.5 Å². The highest BCUT2D eigenvalue weighted by Gasteiger charge is 2.15. The van der Waals surface area contributed by atoms with E-state index in [1.54, 1.807) is 29.1 Å². The molecule has 0 aliphatic carbocycles. The van der Waals surface area contributed by atoms with E-state index >= 15 is 0 Å². The number of nitrogens with zero attached hydrogens (tertiary/aromatic N) is 2. The van der Waals surface area contributed by atoms with Crippen LogP contribution in [0.25, 0.3) is 32.5 Å². The number of fused-ring (bicyclic) bond motifs is 1. The molecule has 5 nitrogen and oxygen atoms in total. The number of hydrogen-bond acceptors (Lipinski definition) is 5. The van der Waals surface area contributed by atoms with Crippen molar-refractivity contribution in [3.05, 3.63) is 112 Å². The predicted molar refractivity (Wildman–Crippen MR) is 141 cm³/mol. The van der Waals surface area contributed by atoms with E-state index in [0.717, 1.165) is 27.8 Å². The van der Waals surface area contributed by atoms with Crippen molar-refractivity contribution < 1.29 is 9.53 Å². The molecule has 3 aromatic carbocycles. The molecule has 0 saturated heterocycles. The van der Waals surface area contributed by atoms with Crippen LogP contribution in [0.3, 0.4) is 0 Å². The number of thiophene rings is 1. The van der Waals surface area contributed by atoms with Gasteiger partial charge in [0, 0.05) is 10.9 Å². The van der Waals surface area contributed by atoms with Gasteiger partial charge < -0.3 is 4.74 Å². The first-order valence-corrected chi connectivity index (χ1v) is 12.3. The Hall–Kier alpha value is -4.03. The van der Waals surface area contributed by atoms with Gasteiger partial charge in [-0.2, -0.15) is 0 Å². The van der Waals surface area contributed by atoms with E-state index in [4.69, 9.17) is 4.74 Å². The molecule has 0 amide bonds. The Balaban J connectivity index is 1.47. The summed E-state index contributed by atoms with van der Waals surface area (Å²) >= 11 is 1.46. The molecule has 2 heterocycles. The lowest BCUT2D eigenvalue weighted by atomic mass is 10.0. The Labute approximate surface area is 207 Å². The molecule has 6 heteroatoms. The summed E-state index contributed by atoms with van der Waals surface area (Å²) in [5.74, 6) is -0.373. The molecular formula is C29H24N2O3S. The molecule has 0 spiro atoms. The smallest absolute Gasteiger partial charge is 0.338 e. The van der Waals surface area contributed by atoms with Crippen LogP contribution in [-0.2, 0) is 11.3 Å². The first kappa shape index (κ1) is 22.7. The summed E-state index contributed by atoms with van der Waals surface area (Å²) in [7, 11) is 0. The lowest BCUT2D eigenvalue weighted by Crippen LogP contribution is -2.21. The molecule has 0 bridgehead atoms. The maximum absolute atomic E-state index is 13.5. The molecule has 174 valence electrons. The maximum atomic E-state index is 13.5. The van der Waals surface area contributed by atoms with Gasteiger partial charge in [0.15, 0.2) is 0 Å². The summed E-state index contributed by atoms with van der Waals surface area (Å²) in [6.45, 7) is 3.94. The van der Waals surface area contributed by atoms with Crippen LogP contribution in [0.5, 0.6) is 0 Å². The van der Waals surface area contributed by atoms with E-state index in [0.29, 0.717) is 22.3 Å². The highest BCUT2D eigenvalue weighted by molar-refractivity contribution is 7.17. The van der Waals surface area contributed by atoms with Crippen LogP contribution in [0.4, 0.5) is 0 Å². The van der Waals surface area contributed by atoms with Crippen molar-refractivity contribution in [1.29, 1.82) is 0 Å². The Morgan fingerprint density at radius 2 is 1.66 bits per heavy atom. The maximum Gasteiger partial charge on any atom is 0.338 e. The lowest BCUT2D eigenvalue weighted by Gasteiger charge is -2.10. The Kier molecular flexibility index (Phi) is 6.29. The topological polar surface area (TPSA) is 61.2 Å². The quantitative estimate of drug-likeness (QED) is 0.264. The molecule has 5 rings (SSSR count). The fourth-order valence-electron chi connectivity index (χ4n) is 4.04. The van der Waals surface area contributed by atoms with Gasteiger partial charge in [-0.3, -0.25) is 9.36 Å². The van der Waals surface area contributed by atoms with Gasteiger partial charge in [-0.1, -0.05) is 66.7 Å². The van der Waals surface area contributed by atoms with Crippen molar-refractivity contribution in [1.82, 2.24) is 9.55 Å². The van der Waals surface area contributed by atoms with Gasteiger partial charge in [0.2, 0.25) is 0 Å². The molecule has 2 aromatic heterocycles. The minimum Gasteiger partial charge on any atom is -0.459 e. The SMILES string of the molecule is CC(C)OC(=O)c1cccc(Cn2cnc3scc(-c4ccc(-c5ccccc5)cc4)c3c2=O)c1. The first-order chi connectivity index (χ1) is 17.0. The number of hydrogen-bond donors (Lipinski definition) is 0. The Morgan fingerprint density at radius 3 is 2.40 bits per heavy atom. The third-order valence-electron chi connectivity index (χ3n) is 5.72. The molecule has 0 unspecified atom stereocenters. The summed E-state index contributed by atoms with van der Waals surface area (Å²) in [5, 5.41) is 2.60. The fourth-order valence-corrected chi connectivity index (χ4v) is 4.95. The van der Waals surface area contributed by atoms with Crippen LogP contribution in [0.1, 0.15) is 29.8 Å². The van der Waals surface area contributed by atoms with Gasteiger partial charge in [-0.15, -0.1) is 11.3 Å². The van der Waals surface area contributed by atoms with Gasteiger partial charge in [-0.25, -0.2) is 9.78 Å². The van der Waals surface area contributed by atoms with Crippen LogP contribution >= 0.6 is 11.3 Å². The standard InChI is InChI=1S/C29H24N2O3S/c1-19(2)34-29(33)24-10-6-7-20(15-24)16-31-18-30-27-26(28(31)32)25(17-35-27)23-13-11-22(12-14-23)21-8-4-3-5-9-21/h3-15,17-19H,16H2,1-2H3. The van der Waals surface area contributed by atoms with Gasteiger partial charge in [0.1, 0.15) is 4.83 Å². The number of esters is 1. The summed E-state index contributed by atoms with van der Waals surface area (Å²) in [5.41, 5.74) is 5.33. The van der Waals surface area contributed by atoms with E-state index in [1.807, 2.05) is 55.6 Å². The zero-order valence-corrected chi connectivity index (χ0v) is 20.3. The van der Waals surface area contributed by atoms with Gasteiger partial charge >= 0.3 is 5.97 Å². The summed E-state index contributed by atoms with van der Waals surface area (Å²) in [4.78, 5) is 31.0. The lowest BCUT2D eigenvalue weighted by molar-refractivity contribution is 0.0377. The molecule has 0 aliphatic rings. The number of benzene rings is 3. The second-order valence-corrected chi connectivity index (χ2v) is 9.46. The molecule has 0 aliphatic heterocycles. The summed E-state index contributed by atoms with van der Waals surface area (Å²) in [6.07, 6.45) is 1.38. The number of aromatic nitrogens is 2. The molecule has 0 N–H and O–H groups in total. The minimum atomic E-state index is -0.373. The normalized spacial score (nSPS) is 11.2. The average Bonchev–Trinajstić information content (AvgIpc) is 3.31. The van der Waals surface area contributed by atoms with E-state index in [9.17, 15) is 9.59 Å². The minimum absolute atomic E-state index is 0.103. The van der Waals surface area contributed by atoms with Crippen molar-refractivity contribution in [2.24, 2.45) is 0 Å². The first-order valence-electron chi connectivity index (χ1n) is 11.4. The number of carbonyl (C=O) groups excluding carboxylic acids is 1. The van der Waals surface area contributed by atoms with Crippen LogP contribution in [0, 0.1) is 0 Å². The monoisotopic (exact) mass is 480 g/mol. The van der Waals surface area contributed by atoms with Gasteiger partial charge in [0.05, 0.1) is 29.9 Å². The second kappa shape index (κ2) is 9.68. The molecule has 0 saturated carbocycles. The average molecular weight is 481 g/mol. The third kappa shape index (κ3) is 4.79. The van der Waals surface area contributed by atoms with Crippen LogP contribution in [-0.4, -0.2) is 21.6 Å². The molecular weight excluding hydrogens is 456 g/mol. The van der Waals surface area contributed by atoms with Crippen molar-refractivity contribution >= 4 is 27.5 Å². The van der Waals surface area contributed by atoms with Crippen LogP contribution in [0.15, 0.2) is 95.4 Å². The van der Waals surface area contributed by atoms with Gasteiger partial charge in [-0.05, 0) is 48.2 Å². The molecule has 0 fully saturated rings. The van der Waals surface area contributed by atoms with Crippen molar-refractivity contribution in [2.75, 3.05) is 0 Å². The number of ether oxygens (including phenoxy) is 1. The van der Waals surface area contributed by atoms with E-state index in [2.05, 4.69) is 29.2 Å². The van der Waals surface area contributed by atoms with Crippen LogP contribution < -0.4 is 5.56 Å². The molecule has 35 heavy (non-hydrogen) atoms. The fraction of sp³-hybridized carbons (Fsp3) is 0.138. The van der Waals surface area contributed by atoms with Crippen molar-refractivity contribution in [3.8, 4) is 22.3 Å². The Morgan fingerprint density at radius 1 is 0.943 bits per heavy atom. The van der Waals surface area contributed by atoms with E-state index < -0.39 is 0 Å². The zero-order valence-electron chi connectivity index (χ0n) is 19.5. The number of carbonyl (C=O) groups is 1. The second-order valence-electron chi connectivity index (χ2n) is 8.60. The van der Waals surface area contributed by atoms with E-state index in [1.165, 1.54) is 11.3 Å². The number of rotatable bonds is 6. The highest BCUT2D eigenvalue weighted by Crippen LogP contribution is 2.32. The highest BCUT2D eigenvalue weighted by atomic mass is 32.1. The van der Waals surface area contributed by atoms with Gasteiger partial charge in [0.25, 0.3) is 5.56 Å².